The van der Waals surface area contributed by atoms with Crippen molar-refractivity contribution >= 4 is 11.9 Å². The standard InChI is InChI=1S/C14H22N2O4/c1-10(2)9-16(8-7-15(3)4)13(17)11-5-6-12(20-11)14(18)19/h5-6,10H,7-9H2,1-4H3,(H,18,19). The molecule has 0 saturated carbocycles. The van der Waals surface area contributed by atoms with Gasteiger partial charge in [-0.3, -0.25) is 4.79 Å². The zero-order valence-electron chi connectivity index (χ0n) is 12.4. The molecule has 20 heavy (non-hydrogen) atoms. The van der Waals surface area contributed by atoms with Gasteiger partial charge in [0.2, 0.25) is 5.76 Å². The SMILES string of the molecule is CC(C)CN(CCN(C)C)C(=O)c1ccc(C(=O)O)o1. The van der Waals surface area contributed by atoms with Gasteiger partial charge in [0.25, 0.3) is 5.91 Å². The van der Waals surface area contributed by atoms with Gasteiger partial charge in [0.15, 0.2) is 5.76 Å². The summed E-state index contributed by atoms with van der Waals surface area (Å²) in [7, 11) is 3.88. The smallest absolute Gasteiger partial charge is 0.371 e. The number of carboxylic acids is 1. The molecular formula is C14H22N2O4. The molecule has 1 aromatic rings. The summed E-state index contributed by atoms with van der Waals surface area (Å²) >= 11 is 0. The van der Waals surface area contributed by atoms with Crippen LogP contribution in [-0.4, -0.2) is 60.5 Å². The average Bonchev–Trinajstić information content (AvgIpc) is 2.82. The number of aromatic carboxylic acids is 1. The molecule has 0 aliphatic heterocycles. The van der Waals surface area contributed by atoms with E-state index in [0.29, 0.717) is 19.0 Å². The third kappa shape index (κ3) is 4.70. The van der Waals surface area contributed by atoms with Crippen molar-refractivity contribution in [3.63, 3.8) is 0 Å². The zero-order chi connectivity index (χ0) is 15.3. The van der Waals surface area contributed by atoms with Crippen molar-refractivity contribution in [3.8, 4) is 0 Å². The molecule has 112 valence electrons. The molecule has 6 nitrogen and oxygen atoms in total. The minimum atomic E-state index is -1.17. The number of likely N-dealkylation sites (N-methyl/N-ethyl adjacent to an activating group) is 1. The van der Waals surface area contributed by atoms with Crippen LogP contribution in [0, 0.1) is 5.92 Å². The predicted octanol–water partition coefficient (Wildman–Crippen LogP) is 1.64. The lowest BCUT2D eigenvalue weighted by atomic mass is 10.2. The van der Waals surface area contributed by atoms with Gasteiger partial charge in [0, 0.05) is 19.6 Å². The Hall–Kier alpha value is -1.82. The molecule has 0 bridgehead atoms. The lowest BCUT2D eigenvalue weighted by Gasteiger charge is -2.25. The normalized spacial score (nSPS) is 11.1. The molecule has 1 rings (SSSR count). The third-order valence-corrected chi connectivity index (χ3v) is 2.72. The van der Waals surface area contributed by atoms with Gasteiger partial charge >= 0.3 is 5.97 Å². The van der Waals surface area contributed by atoms with Crippen LogP contribution in [0.5, 0.6) is 0 Å². The lowest BCUT2D eigenvalue weighted by molar-refractivity contribution is 0.0642. The maximum Gasteiger partial charge on any atom is 0.371 e. The van der Waals surface area contributed by atoms with E-state index in [4.69, 9.17) is 9.52 Å². The number of carbonyl (C=O) groups excluding carboxylic acids is 1. The summed E-state index contributed by atoms with van der Waals surface area (Å²) in [4.78, 5) is 26.8. The topological polar surface area (TPSA) is 74.0 Å². The van der Waals surface area contributed by atoms with Crippen LogP contribution in [0.4, 0.5) is 0 Å². The quantitative estimate of drug-likeness (QED) is 0.823. The van der Waals surface area contributed by atoms with E-state index in [-0.39, 0.29) is 17.4 Å². The highest BCUT2D eigenvalue weighted by Gasteiger charge is 2.21. The number of nitrogens with zero attached hydrogens (tertiary/aromatic N) is 2. The number of hydrogen-bond acceptors (Lipinski definition) is 4. The first-order valence-electron chi connectivity index (χ1n) is 6.58. The van der Waals surface area contributed by atoms with Crippen LogP contribution in [0.3, 0.4) is 0 Å². The second kappa shape index (κ2) is 7.09. The van der Waals surface area contributed by atoms with Gasteiger partial charge in [0.1, 0.15) is 0 Å². The van der Waals surface area contributed by atoms with Crippen molar-refractivity contribution in [1.29, 1.82) is 0 Å². The molecule has 0 radical (unpaired) electrons. The van der Waals surface area contributed by atoms with Crippen molar-refractivity contribution in [2.75, 3.05) is 33.7 Å². The highest BCUT2D eigenvalue weighted by Crippen LogP contribution is 2.12. The van der Waals surface area contributed by atoms with Crippen molar-refractivity contribution in [2.45, 2.75) is 13.8 Å². The lowest BCUT2D eigenvalue weighted by Crippen LogP contribution is -2.38. The van der Waals surface area contributed by atoms with Gasteiger partial charge in [0.05, 0.1) is 0 Å². The van der Waals surface area contributed by atoms with E-state index >= 15 is 0 Å². The fourth-order valence-corrected chi connectivity index (χ4v) is 1.76. The van der Waals surface area contributed by atoms with Crippen LogP contribution in [0.15, 0.2) is 16.5 Å². The predicted molar refractivity (Wildman–Crippen MR) is 75.0 cm³/mol. The first-order valence-corrected chi connectivity index (χ1v) is 6.58. The fraction of sp³-hybridized carbons (Fsp3) is 0.571. The number of carboxylic acid groups (broad SMARTS) is 1. The molecule has 1 N–H and O–H groups in total. The van der Waals surface area contributed by atoms with E-state index in [0.717, 1.165) is 6.54 Å². The van der Waals surface area contributed by atoms with Crippen molar-refractivity contribution in [1.82, 2.24) is 9.80 Å². The van der Waals surface area contributed by atoms with Crippen LogP contribution < -0.4 is 0 Å². The number of amides is 1. The molecule has 0 aliphatic rings. The van der Waals surface area contributed by atoms with E-state index in [2.05, 4.69) is 0 Å². The first-order chi connectivity index (χ1) is 9.31. The summed E-state index contributed by atoms with van der Waals surface area (Å²) in [5, 5.41) is 8.81. The monoisotopic (exact) mass is 282 g/mol. The number of carbonyl (C=O) groups is 2. The van der Waals surface area contributed by atoms with E-state index in [1.807, 2.05) is 32.8 Å². The summed E-state index contributed by atoms with van der Waals surface area (Å²) in [5.41, 5.74) is 0. The second-order valence-electron chi connectivity index (χ2n) is 5.42. The number of hydrogen-bond donors (Lipinski definition) is 1. The highest BCUT2D eigenvalue weighted by molar-refractivity contribution is 5.93. The van der Waals surface area contributed by atoms with Gasteiger partial charge in [-0.15, -0.1) is 0 Å². The summed E-state index contributed by atoms with van der Waals surface area (Å²) in [6.07, 6.45) is 0. The van der Waals surface area contributed by atoms with Crippen LogP contribution in [-0.2, 0) is 0 Å². The highest BCUT2D eigenvalue weighted by atomic mass is 16.4. The van der Waals surface area contributed by atoms with Crippen molar-refractivity contribution < 1.29 is 19.1 Å². The Morgan fingerprint density at radius 1 is 1.20 bits per heavy atom. The van der Waals surface area contributed by atoms with E-state index in [1.54, 1.807) is 4.90 Å². The molecule has 0 aliphatic carbocycles. The molecule has 6 heteroatoms. The van der Waals surface area contributed by atoms with Crippen LogP contribution in [0.1, 0.15) is 35.0 Å². The van der Waals surface area contributed by atoms with E-state index in [9.17, 15) is 9.59 Å². The average molecular weight is 282 g/mol. The summed E-state index contributed by atoms with van der Waals surface area (Å²) < 4.78 is 5.07. The number of rotatable bonds is 7. The first kappa shape index (κ1) is 16.2. The Morgan fingerprint density at radius 2 is 1.80 bits per heavy atom. The van der Waals surface area contributed by atoms with Gasteiger partial charge < -0.3 is 19.3 Å². The summed E-state index contributed by atoms with van der Waals surface area (Å²) in [5.74, 6) is -1.26. The Kier molecular flexibility index (Phi) is 5.76. The largest absolute Gasteiger partial charge is 0.475 e. The van der Waals surface area contributed by atoms with E-state index < -0.39 is 5.97 Å². The van der Waals surface area contributed by atoms with Gasteiger partial charge in [-0.2, -0.15) is 0 Å². The molecule has 0 saturated heterocycles. The molecular weight excluding hydrogens is 260 g/mol. The molecule has 1 amide bonds. The Labute approximate surface area is 119 Å². The minimum Gasteiger partial charge on any atom is -0.475 e. The Bertz CT molecular complexity index is 465. The van der Waals surface area contributed by atoms with Gasteiger partial charge in [-0.05, 0) is 32.1 Å². The number of furan rings is 1. The maximum atomic E-state index is 12.3. The Morgan fingerprint density at radius 3 is 2.25 bits per heavy atom. The molecule has 0 aromatic carbocycles. The van der Waals surface area contributed by atoms with Crippen molar-refractivity contribution in [3.05, 3.63) is 23.7 Å². The second-order valence-corrected chi connectivity index (χ2v) is 5.42. The van der Waals surface area contributed by atoms with Crippen molar-refractivity contribution in [2.24, 2.45) is 5.92 Å². The molecule has 1 aromatic heterocycles. The zero-order valence-corrected chi connectivity index (χ0v) is 12.4. The summed E-state index contributed by atoms with van der Waals surface area (Å²) in [6, 6.07) is 2.71. The fourth-order valence-electron chi connectivity index (χ4n) is 1.76. The van der Waals surface area contributed by atoms with Gasteiger partial charge in [-0.25, -0.2) is 4.79 Å². The van der Waals surface area contributed by atoms with Crippen LogP contribution >= 0.6 is 0 Å². The van der Waals surface area contributed by atoms with Crippen LogP contribution in [0.2, 0.25) is 0 Å². The molecule has 1 heterocycles. The van der Waals surface area contributed by atoms with E-state index in [1.165, 1.54) is 12.1 Å². The molecule has 0 spiro atoms. The van der Waals surface area contributed by atoms with Crippen LogP contribution in [0.25, 0.3) is 0 Å². The maximum absolute atomic E-state index is 12.3. The molecule has 0 unspecified atom stereocenters. The molecule has 0 atom stereocenters. The molecule has 0 fully saturated rings. The third-order valence-electron chi connectivity index (χ3n) is 2.72. The summed E-state index contributed by atoms with van der Waals surface area (Å²) in [6.45, 7) is 5.98. The Balaban J connectivity index is 2.82. The van der Waals surface area contributed by atoms with Gasteiger partial charge in [-0.1, -0.05) is 13.8 Å². The minimum absolute atomic E-state index is 0.0711.